The van der Waals surface area contributed by atoms with Gasteiger partial charge in [0, 0.05) is 11.1 Å². The van der Waals surface area contributed by atoms with E-state index in [1.807, 2.05) is 0 Å². The summed E-state index contributed by atoms with van der Waals surface area (Å²) in [5.41, 5.74) is 0.446. The van der Waals surface area contributed by atoms with E-state index in [0.29, 0.717) is 17.0 Å². The number of hydrogen-bond donors (Lipinski definition) is 2. The van der Waals surface area contributed by atoms with E-state index in [1.54, 1.807) is 26.0 Å². The van der Waals surface area contributed by atoms with Crippen LogP contribution in [-0.4, -0.2) is 25.5 Å². The van der Waals surface area contributed by atoms with Crippen LogP contribution in [0, 0.1) is 6.92 Å². The number of carboxylic acid groups (broad SMARTS) is 1. The molecule has 1 rings (SSSR count). The molecule has 2 N–H and O–H groups in total. The van der Waals surface area contributed by atoms with E-state index in [2.05, 4.69) is 4.72 Å². The molecule has 0 saturated carbocycles. The molecule has 1 atom stereocenters. The van der Waals surface area contributed by atoms with Crippen LogP contribution >= 0.6 is 11.6 Å². The summed E-state index contributed by atoms with van der Waals surface area (Å²) in [6.07, 6.45) is 0.139. The predicted molar refractivity (Wildman–Crippen MR) is 72.8 cm³/mol. The van der Waals surface area contributed by atoms with Gasteiger partial charge in [0.2, 0.25) is 10.0 Å². The van der Waals surface area contributed by atoms with Gasteiger partial charge in [-0.2, -0.15) is 0 Å². The van der Waals surface area contributed by atoms with Gasteiger partial charge >= 0.3 is 5.97 Å². The van der Waals surface area contributed by atoms with E-state index in [0.717, 1.165) is 0 Å². The quantitative estimate of drug-likeness (QED) is 0.844. The first kappa shape index (κ1) is 15.9. The maximum absolute atomic E-state index is 12.2. The van der Waals surface area contributed by atoms with Gasteiger partial charge in [-0.1, -0.05) is 24.6 Å². The molecule has 0 aliphatic rings. The topological polar surface area (TPSA) is 83.5 Å². The molecule has 5 nitrogen and oxygen atoms in total. The standard InChI is InChI=1S/C12H16ClNO4S/c1-3-9(7-12(15)16)14-19(17,18)11-6-4-5-10(13)8(11)2/h4-6,9,14H,3,7H2,1-2H3,(H,15,16). The number of sulfonamides is 1. The largest absolute Gasteiger partial charge is 0.481 e. The van der Waals surface area contributed by atoms with Crippen LogP contribution in [0.1, 0.15) is 25.3 Å². The first-order valence-electron chi connectivity index (χ1n) is 5.77. The molecule has 0 fully saturated rings. The molecule has 0 saturated heterocycles. The Balaban J connectivity index is 3.04. The zero-order chi connectivity index (χ0) is 14.6. The smallest absolute Gasteiger partial charge is 0.304 e. The Kier molecular flexibility index (Phi) is 5.34. The number of carboxylic acids is 1. The molecule has 1 aromatic rings. The predicted octanol–water partition coefficient (Wildman–Crippen LogP) is 2.18. The number of carbonyl (C=O) groups is 1. The maximum Gasteiger partial charge on any atom is 0.304 e. The highest BCUT2D eigenvalue weighted by atomic mass is 35.5. The second-order valence-corrected chi connectivity index (χ2v) is 6.28. The van der Waals surface area contributed by atoms with Crippen molar-refractivity contribution in [2.75, 3.05) is 0 Å². The molecule has 1 unspecified atom stereocenters. The molecule has 0 amide bonds. The Labute approximate surface area is 117 Å². The lowest BCUT2D eigenvalue weighted by Gasteiger charge is -2.16. The molecule has 0 aromatic heterocycles. The van der Waals surface area contributed by atoms with Crippen LogP contribution in [0.5, 0.6) is 0 Å². The molecule has 0 spiro atoms. The van der Waals surface area contributed by atoms with Crippen LogP contribution in [-0.2, 0) is 14.8 Å². The first-order chi connectivity index (χ1) is 8.77. The van der Waals surface area contributed by atoms with Gasteiger partial charge in [0.1, 0.15) is 0 Å². The Morgan fingerprint density at radius 3 is 2.63 bits per heavy atom. The van der Waals surface area contributed by atoms with Gasteiger partial charge in [-0.3, -0.25) is 4.79 Å². The number of benzene rings is 1. The highest BCUT2D eigenvalue weighted by Gasteiger charge is 2.23. The molecule has 0 bridgehead atoms. The van der Waals surface area contributed by atoms with E-state index in [9.17, 15) is 13.2 Å². The summed E-state index contributed by atoms with van der Waals surface area (Å²) < 4.78 is 26.8. The molecule has 0 heterocycles. The van der Waals surface area contributed by atoms with Gasteiger partial charge in [-0.15, -0.1) is 0 Å². The van der Waals surface area contributed by atoms with Gasteiger partial charge in [0.25, 0.3) is 0 Å². The number of halogens is 1. The fourth-order valence-corrected chi connectivity index (χ4v) is 3.46. The average molecular weight is 306 g/mol. The Morgan fingerprint density at radius 2 is 2.11 bits per heavy atom. The maximum atomic E-state index is 12.2. The number of nitrogens with one attached hydrogen (secondary N) is 1. The van der Waals surface area contributed by atoms with Crippen molar-refractivity contribution in [2.45, 2.75) is 37.6 Å². The van der Waals surface area contributed by atoms with Crippen molar-refractivity contribution in [3.8, 4) is 0 Å². The van der Waals surface area contributed by atoms with E-state index in [1.165, 1.54) is 6.07 Å². The fraction of sp³-hybridized carbons (Fsp3) is 0.417. The van der Waals surface area contributed by atoms with Crippen molar-refractivity contribution in [1.82, 2.24) is 4.72 Å². The normalized spacial score (nSPS) is 13.2. The van der Waals surface area contributed by atoms with Crippen molar-refractivity contribution >= 4 is 27.6 Å². The van der Waals surface area contributed by atoms with Crippen LogP contribution in [0.4, 0.5) is 0 Å². The zero-order valence-electron chi connectivity index (χ0n) is 10.7. The van der Waals surface area contributed by atoms with Crippen molar-refractivity contribution in [1.29, 1.82) is 0 Å². The van der Waals surface area contributed by atoms with Gasteiger partial charge in [-0.05, 0) is 31.0 Å². The first-order valence-corrected chi connectivity index (χ1v) is 7.63. The van der Waals surface area contributed by atoms with Crippen LogP contribution in [0.25, 0.3) is 0 Å². The minimum atomic E-state index is -3.77. The second kappa shape index (κ2) is 6.36. The third-order valence-electron chi connectivity index (χ3n) is 2.74. The van der Waals surface area contributed by atoms with Gasteiger partial charge in [0.15, 0.2) is 0 Å². The highest BCUT2D eigenvalue weighted by Crippen LogP contribution is 2.23. The van der Waals surface area contributed by atoms with Crippen molar-refractivity contribution in [3.05, 3.63) is 28.8 Å². The van der Waals surface area contributed by atoms with Crippen LogP contribution in [0.3, 0.4) is 0 Å². The van der Waals surface area contributed by atoms with Gasteiger partial charge in [-0.25, -0.2) is 13.1 Å². The van der Waals surface area contributed by atoms with Crippen molar-refractivity contribution in [3.63, 3.8) is 0 Å². The molecule has 0 radical (unpaired) electrons. The molecule has 0 aliphatic heterocycles. The van der Waals surface area contributed by atoms with Crippen LogP contribution in [0.15, 0.2) is 23.1 Å². The fourth-order valence-electron chi connectivity index (χ4n) is 1.64. The van der Waals surface area contributed by atoms with E-state index in [4.69, 9.17) is 16.7 Å². The monoisotopic (exact) mass is 305 g/mol. The number of aliphatic carboxylic acids is 1. The van der Waals surface area contributed by atoms with E-state index < -0.39 is 22.0 Å². The third-order valence-corrected chi connectivity index (χ3v) is 4.82. The van der Waals surface area contributed by atoms with Gasteiger partial charge in [0.05, 0.1) is 11.3 Å². The van der Waals surface area contributed by atoms with Crippen LogP contribution in [0.2, 0.25) is 5.02 Å². The lowest BCUT2D eigenvalue weighted by molar-refractivity contribution is -0.137. The zero-order valence-corrected chi connectivity index (χ0v) is 12.3. The summed E-state index contributed by atoms with van der Waals surface area (Å²) >= 11 is 5.89. The van der Waals surface area contributed by atoms with Crippen LogP contribution < -0.4 is 4.72 Å². The van der Waals surface area contributed by atoms with Crippen molar-refractivity contribution < 1.29 is 18.3 Å². The number of rotatable bonds is 6. The summed E-state index contributed by atoms with van der Waals surface area (Å²) in [7, 11) is -3.77. The summed E-state index contributed by atoms with van der Waals surface area (Å²) in [5, 5.41) is 9.08. The lowest BCUT2D eigenvalue weighted by atomic mass is 10.2. The summed E-state index contributed by atoms with van der Waals surface area (Å²) in [6, 6.07) is 3.95. The molecular formula is C12H16ClNO4S. The molecule has 0 aliphatic carbocycles. The summed E-state index contributed by atoms with van der Waals surface area (Å²) in [5.74, 6) is -1.04. The van der Waals surface area contributed by atoms with Gasteiger partial charge < -0.3 is 5.11 Å². The average Bonchev–Trinajstić information content (AvgIpc) is 2.30. The molecule has 7 heteroatoms. The molecule has 1 aromatic carbocycles. The third kappa shape index (κ3) is 4.19. The minimum Gasteiger partial charge on any atom is -0.481 e. The molecule has 19 heavy (non-hydrogen) atoms. The minimum absolute atomic E-state index is 0.0730. The Bertz CT molecular complexity index is 571. The molecular weight excluding hydrogens is 290 g/mol. The Hall–Kier alpha value is -1.11. The SMILES string of the molecule is CCC(CC(=O)O)NS(=O)(=O)c1cccc(Cl)c1C. The van der Waals surface area contributed by atoms with E-state index in [-0.39, 0.29) is 11.3 Å². The summed E-state index contributed by atoms with van der Waals surface area (Å²) in [4.78, 5) is 10.7. The Morgan fingerprint density at radius 1 is 1.47 bits per heavy atom. The number of hydrogen-bond acceptors (Lipinski definition) is 3. The molecule has 106 valence electrons. The highest BCUT2D eigenvalue weighted by molar-refractivity contribution is 7.89. The second-order valence-electron chi connectivity index (χ2n) is 4.19. The summed E-state index contributed by atoms with van der Waals surface area (Å²) in [6.45, 7) is 3.33. The van der Waals surface area contributed by atoms with Crippen molar-refractivity contribution in [2.24, 2.45) is 0 Å². The van der Waals surface area contributed by atoms with E-state index >= 15 is 0 Å². The lowest BCUT2D eigenvalue weighted by Crippen LogP contribution is -2.36.